The van der Waals surface area contributed by atoms with Crippen molar-refractivity contribution < 1.29 is 23.0 Å². The summed E-state index contributed by atoms with van der Waals surface area (Å²) in [7, 11) is 4.31. The van der Waals surface area contributed by atoms with Crippen LogP contribution in [0.3, 0.4) is 0 Å². The summed E-state index contributed by atoms with van der Waals surface area (Å²) in [4.78, 5) is 17.8. The van der Waals surface area contributed by atoms with E-state index in [0.717, 1.165) is 5.56 Å². The summed E-state index contributed by atoms with van der Waals surface area (Å²) in [5.74, 6) is -1.57. The number of rotatable bonds is 9. The zero-order valence-electron chi connectivity index (χ0n) is 19.4. The van der Waals surface area contributed by atoms with E-state index in [4.69, 9.17) is 9.47 Å². The van der Waals surface area contributed by atoms with Crippen LogP contribution < -0.4 is 25.0 Å². The van der Waals surface area contributed by atoms with Crippen LogP contribution in [0.15, 0.2) is 55.3 Å². The normalized spacial score (nSPS) is 10.4. The number of methoxy groups -OCH3 is 2. The molecule has 1 amide bonds. The lowest BCUT2D eigenvalue weighted by atomic mass is 10.1. The van der Waals surface area contributed by atoms with E-state index in [2.05, 4.69) is 22.2 Å². The minimum Gasteiger partial charge on any atom is -0.494 e. The first-order valence-corrected chi connectivity index (χ1v) is 10.3. The maximum Gasteiger partial charge on any atom is 0.247 e. The van der Waals surface area contributed by atoms with E-state index in [0.29, 0.717) is 22.9 Å². The fourth-order valence-electron chi connectivity index (χ4n) is 3.34. The zero-order valence-corrected chi connectivity index (χ0v) is 19.4. The third kappa shape index (κ3) is 5.25. The third-order valence-corrected chi connectivity index (χ3v) is 5.22. The molecule has 0 fully saturated rings. The number of para-hydroxylation sites is 1. The molecule has 1 aromatic heterocycles. The number of anilines is 4. The smallest absolute Gasteiger partial charge is 0.247 e. The second kappa shape index (κ2) is 10.7. The summed E-state index contributed by atoms with van der Waals surface area (Å²) in [5, 5.41) is 5.96. The quantitative estimate of drug-likeness (QED) is 0.421. The summed E-state index contributed by atoms with van der Waals surface area (Å²) in [6.07, 6.45) is 2.77. The maximum absolute atomic E-state index is 14.7. The van der Waals surface area contributed by atoms with Crippen molar-refractivity contribution in [2.45, 2.75) is 13.5 Å². The van der Waals surface area contributed by atoms with Gasteiger partial charge in [0.2, 0.25) is 5.91 Å². The number of hydrogen-bond donors (Lipinski definition) is 2. The average Bonchev–Trinajstić information content (AvgIpc) is 2.84. The number of aryl methyl sites for hydroxylation is 1. The topological polar surface area (TPSA) is 75.7 Å². The number of halogens is 2. The predicted octanol–water partition coefficient (Wildman–Crippen LogP) is 5.19. The highest BCUT2D eigenvalue weighted by Crippen LogP contribution is 2.33. The molecule has 0 aliphatic rings. The molecule has 0 unspecified atom stereocenters. The van der Waals surface area contributed by atoms with Gasteiger partial charge in [-0.3, -0.25) is 4.79 Å². The lowest BCUT2D eigenvalue weighted by Crippen LogP contribution is -2.19. The van der Waals surface area contributed by atoms with Crippen LogP contribution in [0.1, 0.15) is 11.1 Å². The van der Waals surface area contributed by atoms with Crippen LogP contribution in [0.5, 0.6) is 11.5 Å². The van der Waals surface area contributed by atoms with E-state index < -0.39 is 11.6 Å². The first-order chi connectivity index (χ1) is 16.3. The number of nitrogens with zero attached hydrogens (tertiary/aromatic N) is 2. The highest BCUT2D eigenvalue weighted by Gasteiger charge is 2.21. The molecule has 34 heavy (non-hydrogen) atoms. The van der Waals surface area contributed by atoms with Crippen molar-refractivity contribution in [1.82, 2.24) is 4.98 Å². The second-order valence-electron chi connectivity index (χ2n) is 7.46. The molecular weight excluding hydrogens is 442 g/mol. The van der Waals surface area contributed by atoms with Gasteiger partial charge in [-0.15, -0.1) is 0 Å². The Hall–Kier alpha value is -4.14. The lowest BCUT2D eigenvalue weighted by Gasteiger charge is -2.21. The summed E-state index contributed by atoms with van der Waals surface area (Å²) in [6, 6.07) is 10.2. The number of benzene rings is 2. The summed E-state index contributed by atoms with van der Waals surface area (Å²) >= 11 is 0. The molecule has 9 heteroatoms. The molecule has 0 bridgehead atoms. The SMILES string of the molecule is C=CC(=O)Nc1cccc(C)c1Nc1ccc(N(C)Cc2c(F)c(OC)cc(OC)c2F)cn1. The van der Waals surface area contributed by atoms with E-state index in [1.54, 1.807) is 36.3 Å². The van der Waals surface area contributed by atoms with Gasteiger partial charge >= 0.3 is 0 Å². The first kappa shape index (κ1) is 24.5. The molecule has 0 aliphatic carbocycles. The van der Waals surface area contributed by atoms with Gasteiger partial charge < -0.3 is 25.0 Å². The number of pyridine rings is 1. The van der Waals surface area contributed by atoms with Crippen LogP contribution in [0.4, 0.5) is 31.7 Å². The Bertz CT molecular complexity index is 1170. The van der Waals surface area contributed by atoms with Crippen molar-refractivity contribution in [1.29, 1.82) is 0 Å². The molecule has 0 spiro atoms. The number of amides is 1. The monoisotopic (exact) mass is 468 g/mol. The van der Waals surface area contributed by atoms with E-state index in [1.807, 2.05) is 19.1 Å². The van der Waals surface area contributed by atoms with Gasteiger partial charge in [0.05, 0.1) is 43.0 Å². The molecule has 0 saturated heterocycles. The largest absolute Gasteiger partial charge is 0.494 e. The van der Waals surface area contributed by atoms with E-state index in [-0.39, 0.29) is 29.5 Å². The standard InChI is InChI=1S/C25H26F2N4O3/c1-6-22(32)29-18-9-7-8-15(2)25(18)30-21-11-10-16(13-28-21)31(3)14-17-23(26)19(33-4)12-20(34-5)24(17)27/h6-13H,1,14H2,2-5H3,(H,28,30)(H,29,32). The number of ether oxygens (including phenoxy) is 2. The highest BCUT2D eigenvalue weighted by molar-refractivity contribution is 6.01. The lowest BCUT2D eigenvalue weighted by molar-refractivity contribution is -0.111. The van der Waals surface area contributed by atoms with Gasteiger partial charge in [0.25, 0.3) is 0 Å². The first-order valence-electron chi connectivity index (χ1n) is 10.3. The zero-order chi connectivity index (χ0) is 24.8. The Morgan fingerprint density at radius 3 is 2.38 bits per heavy atom. The molecule has 0 radical (unpaired) electrons. The predicted molar refractivity (Wildman–Crippen MR) is 129 cm³/mol. The van der Waals surface area contributed by atoms with E-state index >= 15 is 0 Å². The van der Waals surface area contributed by atoms with Crippen LogP contribution in [0.2, 0.25) is 0 Å². The van der Waals surface area contributed by atoms with Gasteiger partial charge in [0, 0.05) is 19.7 Å². The number of hydrogen-bond acceptors (Lipinski definition) is 6. The Morgan fingerprint density at radius 1 is 1.15 bits per heavy atom. The summed E-state index contributed by atoms with van der Waals surface area (Å²) in [6.45, 7) is 5.30. The number of nitrogens with one attached hydrogen (secondary N) is 2. The van der Waals surface area contributed by atoms with E-state index in [1.165, 1.54) is 26.4 Å². The van der Waals surface area contributed by atoms with Crippen molar-refractivity contribution >= 4 is 28.8 Å². The highest BCUT2D eigenvalue weighted by atomic mass is 19.1. The fourth-order valence-corrected chi connectivity index (χ4v) is 3.34. The molecule has 0 saturated carbocycles. The van der Waals surface area contributed by atoms with Gasteiger partial charge in [-0.1, -0.05) is 18.7 Å². The summed E-state index contributed by atoms with van der Waals surface area (Å²) < 4.78 is 39.4. The Kier molecular flexibility index (Phi) is 7.68. The fraction of sp³-hybridized carbons (Fsp3) is 0.200. The minimum atomic E-state index is -0.785. The van der Waals surface area contributed by atoms with Crippen molar-refractivity contribution in [2.24, 2.45) is 0 Å². The number of carbonyl (C=O) groups excluding carboxylic acids is 1. The van der Waals surface area contributed by atoms with Gasteiger partial charge in [-0.2, -0.15) is 0 Å². The minimum absolute atomic E-state index is 0.0742. The third-order valence-electron chi connectivity index (χ3n) is 5.22. The number of carbonyl (C=O) groups is 1. The van der Waals surface area contributed by atoms with Gasteiger partial charge in [-0.25, -0.2) is 13.8 Å². The average molecular weight is 469 g/mol. The molecule has 0 atom stereocenters. The van der Waals surface area contributed by atoms with Crippen LogP contribution in [0, 0.1) is 18.6 Å². The van der Waals surface area contributed by atoms with Gasteiger partial charge in [0.15, 0.2) is 23.1 Å². The molecule has 178 valence electrons. The number of aromatic nitrogens is 1. The van der Waals surface area contributed by atoms with Crippen LogP contribution in [0.25, 0.3) is 0 Å². The van der Waals surface area contributed by atoms with Crippen LogP contribution in [-0.2, 0) is 11.3 Å². The van der Waals surface area contributed by atoms with Crippen molar-refractivity contribution in [3.63, 3.8) is 0 Å². The Morgan fingerprint density at radius 2 is 1.82 bits per heavy atom. The summed E-state index contributed by atoms with van der Waals surface area (Å²) in [5.41, 5.74) is 2.65. The maximum atomic E-state index is 14.7. The molecule has 3 aromatic rings. The van der Waals surface area contributed by atoms with Crippen molar-refractivity contribution in [3.05, 3.63) is 78.0 Å². The molecule has 2 aromatic carbocycles. The van der Waals surface area contributed by atoms with Crippen molar-refractivity contribution in [2.75, 3.05) is 36.8 Å². The molecular formula is C25H26F2N4O3. The second-order valence-corrected chi connectivity index (χ2v) is 7.46. The Balaban J connectivity index is 1.81. The van der Waals surface area contributed by atoms with Gasteiger partial charge in [-0.05, 0) is 36.8 Å². The molecule has 2 N–H and O–H groups in total. The molecule has 1 heterocycles. The molecule has 3 rings (SSSR count). The van der Waals surface area contributed by atoms with Crippen LogP contribution in [-0.4, -0.2) is 32.2 Å². The van der Waals surface area contributed by atoms with Gasteiger partial charge in [0.1, 0.15) is 5.82 Å². The molecule has 0 aliphatic heterocycles. The Labute approximate surface area is 197 Å². The van der Waals surface area contributed by atoms with E-state index in [9.17, 15) is 13.6 Å². The molecule has 7 nitrogen and oxygen atoms in total. The van der Waals surface area contributed by atoms with Crippen molar-refractivity contribution in [3.8, 4) is 11.5 Å². The van der Waals surface area contributed by atoms with Crippen LogP contribution >= 0.6 is 0 Å².